The molecule has 1 aliphatic heterocycles. The monoisotopic (exact) mass is 493 g/mol. The van der Waals surface area contributed by atoms with Crippen LogP contribution in [0.3, 0.4) is 0 Å². The molecule has 0 amide bonds. The van der Waals surface area contributed by atoms with Crippen molar-refractivity contribution in [1.82, 2.24) is 9.88 Å². The summed E-state index contributed by atoms with van der Waals surface area (Å²) in [5.41, 5.74) is 8.15. The Morgan fingerprint density at radius 1 is 1.22 bits per heavy atom. The van der Waals surface area contributed by atoms with Crippen molar-refractivity contribution < 1.29 is 19.0 Å². The molecule has 1 atom stereocenters. The first kappa shape index (κ1) is 26.0. The maximum atomic E-state index is 15.8. The van der Waals surface area contributed by atoms with Gasteiger partial charge < -0.3 is 20.5 Å². The van der Waals surface area contributed by atoms with Gasteiger partial charge in [-0.1, -0.05) is 30.3 Å². The number of aromatic nitrogens is 1. The lowest BCUT2D eigenvalue weighted by atomic mass is 9.74. The quantitative estimate of drug-likeness (QED) is 0.377. The largest absolute Gasteiger partial charge is 0.497 e. The van der Waals surface area contributed by atoms with E-state index in [0.29, 0.717) is 47.0 Å². The van der Waals surface area contributed by atoms with Gasteiger partial charge in [-0.25, -0.2) is 4.39 Å². The Balaban J connectivity index is 1.40. The van der Waals surface area contributed by atoms with Crippen LogP contribution in [0.4, 0.5) is 4.39 Å². The molecule has 36 heavy (non-hydrogen) atoms. The number of aryl methyl sites for hydroxylation is 1. The first-order valence-electron chi connectivity index (χ1n) is 12.7. The fourth-order valence-corrected chi connectivity index (χ4v) is 5.37. The van der Waals surface area contributed by atoms with E-state index in [4.69, 9.17) is 10.5 Å². The number of benzene rings is 2. The molecule has 3 aromatic rings. The summed E-state index contributed by atoms with van der Waals surface area (Å²) in [5, 5.41) is 10.8. The van der Waals surface area contributed by atoms with Crippen LogP contribution in [0.15, 0.2) is 54.7 Å². The molecule has 0 aliphatic carbocycles. The predicted molar refractivity (Wildman–Crippen MR) is 140 cm³/mol. The van der Waals surface area contributed by atoms with Gasteiger partial charge in [0, 0.05) is 23.7 Å². The van der Waals surface area contributed by atoms with E-state index in [1.165, 1.54) is 5.56 Å². The number of hydrogen-bond acceptors (Lipinski definition) is 5. The molecule has 6 nitrogen and oxygen atoms in total. The predicted octanol–water partition coefficient (Wildman–Crippen LogP) is 5.29. The Labute approximate surface area is 212 Å². The second kappa shape index (κ2) is 11.8. The van der Waals surface area contributed by atoms with Gasteiger partial charge in [0.1, 0.15) is 11.9 Å². The Bertz CT molecular complexity index is 1160. The maximum absolute atomic E-state index is 15.8. The lowest BCUT2D eigenvalue weighted by Gasteiger charge is -2.39. The van der Waals surface area contributed by atoms with Crippen LogP contribution in [0.2, 0.25) is 0 Å². The number of rotatable bonds is 11. The Kier molecular flexibility index (Phi) is 8.54. The number of nitrogens with two attached hydrogens (primary N) is 1. The molecule has 192 valence electrons. The molecule has 3 N–H and O–H groups in total. The highest BCUT2D eigenvalue weighted by Gasteiger charge is 2.41. The summed E-state index contributed by atoms with van der Waals surface area (Å²) in [6, 6.07) is 15.8. The van der Waals surface area contributed by atoms with E-state index in [1.807, 2.05) is 6.07 Å². The topological polar surface area (TPSA) is 88.7 Å². The van der Waals surface area contributed by atoms with Crippen molar-refractivity contribution in [1.29, 1.82) is 0 Å². The third kappa shape index (κ3) is 5.85. The van der Waals surface area contributed by atoms with E-state index in [0.717, 1.165) is 32.5 Å². The van der Waals surface area contributed by atoms with E-state index in [-0.39, 0.29) is 13.0 Å². The van der Waals surface area contributed by atoms with Gasteiger partial charge in [0.2, 0.25) is 0 Å². The zero-order valence-corrected chi connectivity index (χ0v) is 21.0. The molecule has 2 heterocycles. The molecule has 1 saturated heterocycles. The van der Waals surface area contributed by atoms with Crippen LogP contribution in [-0.2, 0) is 17.8 Å². The summed E-state index contributed by atoms with van der Waals surface area (Å²) >= 11 is 0. The number of piperidine rings is 1. The number of alkyl halides is 1. The molecule has 1 aromatic heterocycles. The number of pyridine rings is 1. The van der Waals surface area contributed by atoms with Gasteiger partial charge in [0.05, 0.1) is 18.0 Å². The smallest absolute Gasteiger partial charge is 0.309 e. The maximum Gasteiger partial charge on any atom is 0.309 e. The second-order valence-corrected chi connectivity index (χ2v) is 9.81. The first-order chi connectivity index (χ1) is 17.5. The molecule has 1 fully saturated rings. The van der Waals surface area contributed by atoms with Crippen molar-refractivity contribution in [2.24, 2.45) is 11.1 Å². The van der Waals surface area contributed by atoms with Crippen LogP contribution in [0, 0.1) is 5.41 Å². The van der Waals surface area contributed by atoms with Gasteiger partial charge in [-0.05, 0) is 87.5 Å². The summed E-state index contributed by atoms with van der Waals surface area (Å²) < 4.78 is 21.1. The number of carbonyl (C=O) groups is 1. The minimum atomic E-state index is -1.33. The minimum absolute atomic E-state index is 0.129. The number of hydrogen-bond donors (Lipinski definition) is 2. The van der Waals surface area contributed by atoms with Crippen LogP contribution in [0.1, 0.15) is 55.0 Å². The van der Waals surface area contributed by atoms with Gasteiger partial charge in [0.25, 0.3) is 0 Å². The Hall–Kier alpha value is -3.03. The molecule has 2 aromatic carbocycles. The number of methoxy groups -OCH3 is 1. The zero-order valence-electron chi connectivity index (χ0n) is 21.0. The molecule has 1 aliphatic rings. The highest BCUT2D eigenvalue weighted by molar-refractivity contribution is 5.85. The fraction of sp³-hybridized carbons (Fsp3) is 0.448. The highest BCUT2D eigenvalue weighted by Crippen LogP contribution is 2.41. The second-order valence-electron chi connectivity index (χ2n) is 9.81. The van der Waals surface area contributed by atoms with E-state index >= 15 is 4.39 Å². The Morgan fingerprint density at radius 2 is 1.97 bits per heavy atom. The average Bonchev–Trinajstić information content (AvgIpc) is 2.92. The Morgan fingerprint density at radius 3 is 2.64 bits per heavy atom. The average molecular weight is 494 g/mol. The number of nitrogens with zero attached hydrogens (tertiary/aromatic N) is 2. The van der Waals surface area contributed by atoms with Gasteiger partial charge in [-0.15, -0.1) is 0 Å². The fourth-order valence-electron chi connectivity index (χ4n) is 5.37. The zero-order chi connectivity index (χ0) is 25.5. The van der Waals surface area contributed by atoms with Crippen molar-refractivity contribution >= 4 is 16.9 Å². The number of aliphatic carboxylic acids is 1. The normalized spacial score (nSPS) is 16.6. The molecule has 0 unspecified atom stereocenters. The number of carboxylic acids is 1. The van der Waals surface area contributed by atoms with Gasteiger partial charge >= 0.3 is 5.97 Å². The number of halogens is 1. The van der Waals surface area contributed by atoms with Crippen molar-refractivity contribution in [3.05, 3.63) is 71.4 Å². The van der Waals surface area contributed by atoms with Gasteiger partial charge in [-0.2, -0.15) is 0 Å². The van der Waals surface area contributed by atoms with E-state index in [2.05, 4.69) is 34.1 Å². The van der Waals surface area contributed by atoms with Crippen LogP contribution < -0.4 is 10.5 Å². The van der Waals surface area contributed by atoms with Crippen LogP contribution in [0.25, 0.3) is 10.9 Å². The van der Waals surface area contributed by atoms with E-state index < -0.39 is 17.6 Å². The lowest BCUT2D eigenvalue weighted by molar-refractivity contribution is -0.153. The molecule has 0 radical (unpaired) electrons. The summed E-state index contributed by atoms with van der Waals surface area (Å²) in [7, 11) is 1.57. The van der Waals surface area contributed by atoms with E-state index in [1.54, 1.807) is 31.5 Å². The molecule has 0 spiro atoms. The SMILES string of the molecule is COc1ccc2ncc(CN)c([C@@H](F)CCC3(C(=O)O)CCN(CCCc4ccccc4)CC3)c2c1. The number of fused-ring (bicyclic) bond motifs is 1. The molecular weight excluding hydrogens is 457 g/mol. The summed E-state index contributed by atoms with van der Waals surface area (Å²) in [4.78, 5) is 19.1. The van der Waals surface area contributed by atoms with Gasteiger partial charge in [0.15, 0.2) is 0 Å². The van der Waals surface area contributed by atoms with Crippen LogP contribution in [0.5, 0.6) is 5.75 Å². The molecule has 0 bridgehead atoms. The summed E-state index contributed by atoms with van der Waals surface area (Å²) in [5.74, 6) is -0.201. The van der Waals surface area contributed by atoms with Crippen molar-refractivity contribution in [3.8, 4) is 5.75 Å². The molecule has 0 saturated carbocycles. The van der Waals surface area contributed by atoms with Crippen molar-refractivity contribution in [2.75, 3.05) is 26.7 Å². The summed E-state index contributed by atoms with van der Waals surface area (Å²) in [6.07, 6.45) is 3.84. The van der Waals surface area contributed by atoms with Crippen molar-refractivity contribution in [2.45, 2.75) is 51.2 Å². The first-order valence-corrected chi connectivity index (χ1v) is 12.7. The number of likely N-dealkylation sites (tertiary alicyclic amines) is 1. The third-order valence-electron chi connectivity index (χ3n) is 7.66. The molecular formula is C29H36FN3O3. The standard InChI is InChI=1S/C29H36FN3O3/c1-36-23-9-10-26-24(18-23)27(22(19-31)20-32-26)25(30)11-12-29(28(34)35)13-16-33(17-14-29)15-5-8-21-6-3-2-4-7-21/h2-4,6-7,9-10,18,20,25H,5,8,11-17,19,31H2,1H3,(H,34,35)/t25-/m0/s1. The molecule has 4 rings (SSSR count). The van der Waals surface area contributed by atoms with Crippen LogP contribution in [-0.4, -0.2) is 47.7 Å². The number of ether oxygens (including phenoxy) is 1. The third-order valence-corrected chi connectivity index (χ3v) is 7.66. The highest BCUT2D eigenvalue weighted by atomic mass is 19.1. The van der Waals surface area contributed by atoms with Crippen LogP contribution >= 0.6 is 0 Å². The number of carboxylic acid groups (broad SMARTS) is 1. The molecule has 7 heteroatoms. The van der Waals surface area contributed by atoms with Crippen molar-refractivity contribution in [3.63, 3.8) is 0 Å². The van der Waals surface area contributed by atoms with E-state index in [9.17, 15) is 9.90 Å². The minimum Gasteiger partial charge on any atom is -0.497 e. The summed E-state index contributed by atoms with van der Waals surface area (Å²) in [6.45, 7) is 2.56. The van der Waals surface area contributed by atoms with Gasteiger partial charge in [-0.3, -0.25) is 9.78 Å². The lowest BCUT2D eigenvalue weighted by Crippen LogP contribution is -2.44.